The van der Waals surface area contributed by atoms with Crippen LogP contribution in [0, 0.1) is 6.92 Å². The van der Waals surface area contributed by atoms with E-state index in [2.05, 4.69) is 5.32 Å². The van der Waals surface area contributed by atoms with Crippen molar-refractivity contribution in [3.8, 4) is 0 Å². The lowest BCUT2D eigenvalue weighted by atomic mass is 10.0. The summed E-state index contributed by atoms with van der Waals surface area (Å²) in [5, 5.41) is 4.72. The van der Waals surface area contributed by atoms with E-state index in [1.54, 1.807) is 18.2 Å². The molecule has 4 rings (SSSR count). The predicted molar refractivity (Wildman–Crippen MR) is 167 cm³/mol. The number of hydrogen-bond donors (Lipinski definition) is 1. The minimum atomic E-state index is -3.97. The lowest BCUT2D eigenvalue weighted by Crippen LogP contribution is -2.53. The highest BCUT2D eigenvalue weighted by Crippen LogP contribution is 2.22. The maximum Gasteiger partial charge on any atom is 0.243 e. The van der Waals surface area contributed by atoms with Gasteiger partial charge in [-0.05, 0) is 47.4 Å². The van der Waals surface area contributed by atoms with E-state index in [1.807, 2.05) is 92.7 Å². The van der Waals surface area contributed by atoms with Crippen molar-refractivity contribution >= 4 is 32.6 Å². The highest BCUT2D eigenvalue weighted by Gasteiger charge is 2.33. The number of nitrogens with zero attached hydrogens (tertiary/aromatic N) is 2. The fraction of sp³-hybridized carbons (Fsp3) is 0.294. The highest BCUT2D eigenvalue weighted by atomic mass is 32.2. The van der Waals surface area contributed by atoms with E-state index >= 15 is 0 Å². The van der Waals surface area contributed by atoms with Crippen LogP contribution in [0.3, 0.4) is 0 Å². The van der Waals surface area contributed by atoms with Gasteiger partial charge in [-0.15, -0.1) is 0 Å². The Kier molecular flexibility index (Phi) is 10.5. The molecule has 0 aliphatic carbocycles. The van der Waals surface area contributed by atoms with E-state index in [1.165, 1.54) is 11.9 Å². The molecule has 7 nitrogen and oxygen atoms in total. The summed E-state index contributed by atoms with van der Waals surface area (Å²) in [6.07, 6.45) is 2.05. The van der Waals surface area contributed by atoms with Crippen molar-refractivity contribution < 1.29 is 18.0 Å². The second kappa shape index (κ2) is 14.2. The molecule has 0 aromatic heterocycles. The summed E-state index contributed by atoms with van der Waals surface area (Å²) >= 11 is 0. The van der Waals surface area contributed by atoms with Crippen LogP contribution in [0.15, 0.2) is 102 Å². The molecule has 0 saturated heterocycles. The molecular formula is C34H39N3O4S. The number of nitrogens with one attached hydrogen (secondary N) is 1. The topological polar surface area (TPSA) is 86.8 Å². The third-order valence-electron chi connectivity index (χ3n) is 7.36. The van der Waals surface area contributed by atoms with Gasteiger partial charge in [-0.2, -0.15) is 4.31 Å². The van der Waals surface area contributed by atoms with Crippen LogP contribution in [0.5, 0.6) is 0 Å². The smallest absolute Gasteiger partial charge is 0.243 e. The quantitative estimate of drug-likeness (QED) is 0.215. The summed E-state index contributed by atoms with van der Waals surface area (Å²) in [6, 6.07) is 29.0. The number of sulfonamides is 1. The van der Waals surface area contributed by atoms with Gasteiger partial charge >= 0.3 is 0 Å². The van der Waals surface area contributed by atoms with E-state index in [9.17, 15) is 18.0 Å². The van der Waals surface area contributed by atoms with Crippen LogP contribution in [-0.2, 0) is 32.6 Å². The van der Waals surface area contributed by atoms with Gasteiger partial charge in [0.15, 0.2) is 0 Å². The molecule has 0 spiro atoms. The third kappa shape index (κ3) is 7.84. The Morgan fingerprint density at radius 3 is 2.19 bits per heavy atom. The molecule has 0 aliphatic rings. The molecule has 0 fully saturated rings. The van der Waals surface area contributed by atoms with E-state index in [0.29, 0.717) is 13.0 Å². The van der Waals surface area contributed by atoms with Crippen molar-refractivity contribution in [3.05, 3.63) is 114 Å². The molecule has 0 aliphatic heterocycles. The Hall–Kier alpha value is -4.01. The maximum absolute atomic E-state index is 14.0. The number of hydrogen-bond acceptors (Lipinski definition) is 4. The van der Waals surface area contributed by atoms with Crippen molar-refractivity contribution in [2.75, 3.05) is 20.1 Å². The zero-order valence-corrected chi connectivity index (χ0v) is 25.3. The van der Waals surface area contributed by atoms with Crippen LogP contribution in [0.2, 0.25) is 0 Å². The van der Waals surface area contributed by atoms with E-state index in [0.717, 1.165) is 44.6 Å². The first-order chi connectivity index (χ1) is 20.2. The first-order valence-electron chi connectivity index (χ1n) is 14.3. The zero-order valence-electron chi connectivity index (χ0n) is 24.5. The standard InChI is InChI=1S/C34H39N3O4S/c1-4-5-21-35-34(39)32(22-27-11-7-6-8-12-27)37(24-28-17-15-26(2)16-18-28)33(38)25-36(3)42(40,41)31-20-19-29-13-9-10-14-30(29)23-31/h6-20,23,32H,4-5,21-22,24-25H2,1-3H3,(H,35,39). The van der Waals surface area contributed by atoms with Crippen LogP contribution < -0.4 is 5.32 Å². The number of carbonyl (C=O) groups excluding carboxylic acids is 2. The van der Waals surface area contributed by atoms with E-state index in [-0.39, 0.29) is 17.3 Å². The number of rotatable bonds is 13. The Morgan fingerprint density at radius 2 is 1.50 bits per heavy atom. The molecule has 0 bridgehead atoms. The Morgan fingerprint density at radius 1 is 0.833 bits per heavy atom. The van der Waals surface area contributed by atoms with Crippen LogP contribution in [-0.4, -0.2) is 55.6 Å². The molecule has 0 heterocycles. The fourth-order valence-electron chi connectivity index (χ4n) is 4.82. The van der Waals surface area contributed by atoms with Gasteiger partial charge in [-0.1, -0.05) is 104 Å². The molecule has 2 amide bonds. The monoisotopic (exact) mass is 585 g/mol. The molecule has 1 unspecified atom stereocenters. The summed E-state index contributed by atoms with van der Waals surface area (Å²) in [4.78, 5) is 29.3. The van der Waals surface area contributed by atoms with Gasteiger partial charge in [0.25, 0.3) is 0 Å². The van der Waals surface area contributed by atoms with Crippen molar-refractivity contribution in [1.82, 2.24) is 14.5 Å². The number of benzene rings is 4. The van der Waals surface area contributed by atoms with E-state index in [4.69, 9.17) is 0 Å². The normalized spacial score (nSPS) is 12.3. The zero-order chi connectivity index (χ0) is 30.1. The number of amides is 2. The van der Waals surface area contributed by atoms with Crippen LogP contribution in [0.25, 0.3) is 10.8 Å². The summed E-state index contributed by atoms with van der Waals surface area (Å²) in [5.74, 6) is -0.707. The van der Waals surface area contributed by atoms with Gasteiger partial charge in [0.05, 0.1) is 11.4 Å². The molecule has 4 aromatic rings. The summed E-state index contributed by atoms with van der Waals surface area (Å²) in [6.45, 7) is 4.30. The lowest BCUT2D eigenvalue weighted by molar-refractivity contribution is -0.141. The first-order valence-corrected chi connectivity index (χ1v) is 15.7. The highest BCUT2D eigenvalue weighted by molar-refractivity contribution is 7.89. The number of aryl methyl sites for hydroxylation is 1. The SMILES string of the molecule is CCCCNC(=O)C(Cc1ccccc1)N(Cc1ccc(C)cc1)C(=O)CN(C)S(=O)(=O)c1ccc2ccccc2c1. The summed E-state index contributed by atoms with van der Waals surface area (Å²) in [7, 11) is -2.57. The van der Waals surface area contributed by atoms with Crippen molar-refractivity contribution in [2.45, 2.75) is 50.6 Å². The van der Waals surface area contributed by atoms with Gasteiger partial charge in [-0.3, -0.25) is 9.59 Å². The predicted octanol–water partition coefficient (Wildman–Crippen LogP) is 5.33. The van der Waals surface area contributed by atoms with Gasteiger partial charge in [0.1, 0.15) is 6.04 Å². The molecule has 1 atom stereocenters. The number of fused-ring (bicyclic) bond motifs is 1. The van der Waals surface area contributed by atoms with Crippen molar-refractivity contribution in [2.24, 2.45) is 0 Å². The van der Waals surface area contributed by atoms with Crippen LogP contribution in [0.1, 0.15) is 36.5 Å². The van der Waals surface area contributed by atoms with Gasteiger partial charge in [0, 0.05) is 26.6 Å². The Balaban J connectivity index is 1.65. The second-order valence-corrected chi connectivity index (χ2v) is 12.7. The van der Waals surface area contributed by atoms with Gasteiger partial charge in [0.2, 0.25) is 21.8 Å². The second-order valence-electron chi connectivity index (χ2n) is 10.6. The first kappa shape index (κ1) is 30.9. The number of likely N-dealkylation sites (N-methyl/N-ethyl adjacent to an activating group) is 1. The van der Waals surface area contributed by atoms with Crippen LogP contribution in [0.4, 0.5) is 0 Å². The molecule has 0 saturated carbocycles. The summed E-state index contributed by atoms with van der Waals surface area (Å²) in [5.41, 5.74) is 2.84. The molecule has 8 heteroatoms. The third-order valence-corrected chi connectivity index (χ3v) is 9.16. The largest absolute Gasteiger partial charge is 0.354 e. The number of carbonyl (C=O) groups is 2. The minimum absolute atomic E-state index is 0.111. The Bertz CT molecular complexity index is 1610. The van der Waals surface area contributed by atoms with Crippen molar-refractivity contribution in [3.63, 3.8) is 0 Å². The number of unbranched alkanes of at least 4 members (excludes halogenated alkanes) is 1. The maximum atomic E-state index is 14.0. The average Bonchev–Trinajstić information content (AvgIpc) is 3.00. The molecule has 42 heavy (non-hydrogen) atoms. The van der Waals surface area contributed by atoms with Gasteiger partial charge < -0.3 is 10.2 Å². The molecular weight excluding hydrogens is 546 g/mol. The summed E-state index contributed by atoms with van der Waals surface area (Å²) < 4.78 is 28.2. The molecule has 0 radical (unpaired) electrons. The van der Waals surface area contributed by atoms with Crippen molar-refractivity contribution in [1.29, 1.82) is 0 Å². The molecule has 4 aromatic carbocycles. The average molecular weight is 586 g/mol. The fourth-order valence-corrected chi connectivity index (χ4v) is 5.98. The van der Waals surface area contributed by atoms with Crippen LogP contribution >= 0.6 is 0 Å². The minimum Gasteiger partial charge on any atom is -0.354 e. The van der Waals surface area contributed by atoms with E-state index < -0.39 is 28.5 Å². The lowest BCUT2D eigenvalue weighted by Gasteiger charge is -2.32. The van der Waals surface area contributed by atoms with Gasteiger partial charge in [-0.25, -0.2) is 8.42 Å². The molecule has 1 N–H and O–H groups in total. The Labute approximate surface area is 249 Å². The molecule has 220 valence electrons.